The summed E-state index contributed by atoms with van der Waals surface area (Å²) in [6, 6.07) is 7.30. The molecule has 2 unspecified atom stereocenters. The van der Waals surface area contributed by atoms with Crippen LogP contribution < -0.4 is 10.1 Å². The summed E-state index contributed by atoms with van der Waals surface area (Å²) < 4.78 is 7.83. The minimum atomic E-state index is 0.387. The van der Waals surface area contributed by atoms with Crippen molar-refractivity contribution in [3.05, 3.63) is 24.0 Å². The number of hydrogen-bond acceptors (Lipinski definition) is 3. The van der Waals surface area contributed by atoms with Crippen molar-refractivity contribution in [2.45, 2.75) is 44.7 Å². The van der Waals surface area contributed by atoms with Gasteiger partial charge in [0.1, 0.15) is 11.6 Å². The minimum Gasteiger partial charge on any atom is -0.497 e. The van der Waals surface area contributed by atoms with Gasteiger partial charge >= 0.3 is 0 Å². The van der Waals surface area contributed by atoms with Gasteiger partial charge in [-0.2, -0.15) is 0 Å². The molecule has 0 amide bonds. The van der Waals surface area contributed by atoms with Crippen LogP contribution in [0.3, 0.4) is 0 Å². The molecule has 4 nitrogen and oxygen atoms in total. The Labute approximate surface area is 125 Å². The van der Waals surface area contributed by atoms with E-state index in [1.807, 2.05) is 6.07 Å². The Balaban J connectivity index is 1.84. The third-order valence-corrected chi connectivity index (χ3v) is 4.88. The normalized spacial score (nSPS) is 26.2. The number of rotatable bonds is 3. The number of nitrogens with zero attached hydrogens (tertiary/aromatic N) is 2. The number of hydrogen-bond donors (Lipinski definition) is 1. The number of imidazole rings is 1. The number of methoxy groups -OCH3 is 1. The quantitative estimate of drug-likeness (QED) is 0.939. The summed E-state index contributed by atoms with van der Waals surface area (Å²) in [5.74, 6) is 2.77. The van der Waals surface area contributed by atoms with Crippen LogP contribution in [0.1, 0.15) is 50.5 Å². The number of piperidine rings is 1. The van der Waals surface area contributed by atoms with Crippen molar-refractivity contribution in [3.8, 4) is 5.75 Å². The molecule has 2 heterocycles. The molecule has 4 rings (SSSR count). The summed E-state index contributed by atoms with van der Waals surface area (Å²) in [6.07, 6.45) is 5.13. The average Bonchev–Trinajstić information content (AvgIpc) is 3.27. The minimum absolute atomic E-state index is 0.387. The van der Waals surface area contributed by atoms with Gasteiger partial charge in [0.05, 0.1) is 24.2 Å². The van der Waals surface area contributed by atoms with E-state index in [9.17, 15) is 0 Å². The highest BCUT2D eigenvalue weighted by Crippen LogP contribution is 2.42. The highest BCUT2D eigenvalue weighted by molar-refractivity contribution is 5.78. The van der Waals surface area contributed by atoms with Crippen LogP contribution in [-0.4, -0.2) is 23.2 Å². The summed E-state index contributed by atoms with van der Waals surface area (Å²) >= 11 is 0. The lowest BCUT2D eigenvalue weighted by atomic mass is 9.92. The lowest BCUT2D eigenvalue weighted by molar-refractivity contribution is 0.289. The fourth-order valence-corrected chi connectivity index (χ4v) is 3.56. The van der Waals surface area contributed by atoms with E-state index in [0.29, 0.717) is 18.0 Å². The van der Waals surface area contributed by atoms with Crippen LogP contribution in [0, 0.1) is 5.92 Å². The first-order chi connectivity index (χ1) is 10.3. The molecule has 1 aliphatic carbocycles. The topological polar surface area (TPSA) is 39.1 Å². The molecule has 1 aromatic carbocycles. The second-order valence-electron chi connectivity index (χ2n) is 6.48. The van der Waals surface area contributed by atoms with Crippen molar-refractivity contribution in [1.82, 2.24) is 14.9 Å². The van der Waals surface area contributed by atoms with Gasteiger partial charge in [0.2, 0.25) is 0 Å². The predicted octanol–water partition coefficient (Wildman–Crippen LogP) is 3.44. The van der Waals surface area contributed by atoms with Crippen molar-refractivity contribution in [2.24, 2.45) is 5.92 Å². The number of benzene rings is 1. The molecule has 112 valence electrons. The second-order valence-corrected chi connectivity index (χ2v) is 6.48. The molecule has 2 aliphatic rings. The van der Waals surface area contributed by atoms with E-state index < -0.39 is 0 Å². The molecule has 2 atom stereocenters. The highest BCUT2D eigenvalue weighted by atomic mass is 16.5. The van der Waals surface area contributed by atoms with Crippen molar-refractivity contribution < 1.29 is 4.74 Å². The Morgan fingerprint density at radius 3 is 2.86 bits per heavy atom. The van der Waals surface area contributed by atoms with Gasteiger partial charge < -0.3 is 14.6 Å². The lowest BCUT2D eigenvalue weighted by Crippen LogP contribution is -2.34. The van der Waals surface area contributed by atoms with Crippen LogP contribution in [0.5, 0.6) is 5.75 Å². The first-order valence-electron chi connectivity index (χ1n) is 8.07. The zero-order chi connectivity index (χ0) is 14.4. The summed E-state index contributed by atoms with van der Waals surface area (Å²) in [5.41, 5.74) is 2.32. The van der Waals surface area contributed by atoms with Crippen molar-refractivity contribution in [2.75, 3.05) is 13.7 Å². The maximum Gasteiger partial charge on any atom is 0.127 e. The molecule has 0 radical (unpaired) electrons. The van der Waals surface area contributed by atoms with E-state index in [-0.39, 0.29) is 0 Å². The van der Waals surface area contributed by atoms with Crippen LogP contribution in [-0.2, 0) is 0 Å². The third kappa shape index (κ3) is 2.22. The molecular formula is C17H23N3O. The van der Waals surface area contributed by atoms with Crippen LogP contribution in [0.4, 0.5) is 0 Å². The van der Waals surface area contributed by atoms with Gasteiger partial charge in [0.25, 0.3) is 0 Å². The molecule has 1 aromatic heterocycles. The molecule has 1 aliphatic heterocycles. The Morgan fingerprint density at radius 1 is 1.29 bits per heavy atom. The fraction of sp³-hybridized carbons (Fsp3) is 0.588. The zero-order valence-electron chi connectivity index (χ0n) is 12.8. The summed E-state index contributed by atoms with van der Waals surface area (Å²) in [5, 5.41) is 3.68. The molecular weight excluding hydrogens is 262 g/mol. The SMILES string of the molecule is COc1ccc2c(c1)nc(C1NCCCC1C)n2C1CC1. The Bertz CT molecular complexity index is 659. The van der Waals surface area contributed by atoms with Gasteiger partial charge in [-0.05, 0) is 50.3 Å². The van der Waals surface area contributed by atoms with Crippen LogP contribution in [0.2, 0.25) is 0 Å². The average molecular weight is 285 g/mol. The van der Waals surface area contributed by atoms with Gasteiger partial charge in [-0.3, -0.25) is 0 Å². The second kappa shape index (κ2) is 5.02. The molecule has 1 saturated heterocycles. The molecule has 2 aromatic rings. The first-order valence-corrected chi connectivity index (χ1v) is 8.07. The van der Waals surface area contributed by atoms with E-state index in [0.717, 1.165) is 17.8 Å². The number of fused-ring (bicyclic) bond motifs is 1. The molecule has 0 bridgehead atoms. The lowest BCUT2D eigenvalue weighted by Gasteiger charge is -2.30. The maximum atomic E-state index is 5.35. The predicted molar refractivity (Wildman–Crippen MR) is 83.7 cm³/mol. The summed E-state index contributed by atoms with van der Waals surface area (Å²) in [7, 11) is 1.71. The van der Waals surface area contributed by atoms with Gasteiger partial charge in [0, 0.05) is 12.1 Å². The van der Waals surface area contributed by atoms with Crippen molar-refractivity contribution in [1.29, 1.82) is 0 Å². The van der Waals surface area contributed by atoms with Gasteiger partial charge in [-0.1, -0.05) is 6.92 Å². The van der Waals surface area contributed by atoms with Gasteiger partial charge in [0.15, 0.2) is 0 Å². The Kier molecular flexibility index (Phi) is 3.14. The fourth-order valence-electron chi connectivity index (χ4n) is 3.56. The number of nitrogens with one attached hydrogen (secondary N) is 1. The van der Waals surface area contributed by atoms with Crippen molar-refractivity contribution in [3.63, 3.8) is 0 Å². The van der Waals surface area contributed by atoms with Crippen LogP contribution in [0.15, 0.2) is 18.2 Å². The van der Waals surface area contributed by atoms with E-state index in [1.54, 1.807) is 7.11 Å². The largest absolute Gasteiger partial charge is 0.497 e. The van der Waals surface area contributed by atoms with E-state index >= 15 is 0 Å². The van der Waals surface area contributed by atoms with Crippen molar-refractivity contribution >= 4 is 11.0 Å². The van der Waals surface area contributed by atoms with E-state index in [4.69, 9.17) is 9.72 Å². The summed E-state index contributed by atoms with van der Waals surface area (Å²) in [6.45, 7) is 3.44. The highest BCUT2D eigenvalue weighted by Gasteiger charge is 2.33. The maximum absolute atomic E-state index is 5.35. The van der Waals surface area contributed by atoms with Crippen LogP contribution in [0.25, 0.3) is 11.0 Å². The smallest absolute Gasteiger partial charge is 0.127 e. The molecule has 2 fully saturated rings. The first kappa shape index (κ1) is 13.1. The Hall–Kier alpha value is -1.55. The standard InChI is InChI=1S/C17H23N3O/c1-11-4-3-9-18-16(11)17-19-14-10-13(21-2)7-8-15(14)20(17)12-5-6-12/h7-8,10-12,16,18H,3-6,9H2,1-2H3. The van der Waals surface area contributed by atoms with Gasteiger partial charge in [-0.15, -0.1) is 0 Å². The van der Waals surface area contributed by atoms with E-state index in [2.05, 4.69) is 28.9 Å². The third-order valence-electron chi connectivity index (χ3n) is 4.88. The van der Waals surface area contributed by atoms with Gasteiger partial charge in [-0.25, -0.2) is 4.98 Å². The molecule has 21 heavy (non-hydrogen) atoms. The molecule has 4 heteroatoms. The molecule has 1 N–H and O–H groups in total. The number of aromatic nitrogens is 2. The Morgan fingerprint density at radius 2 is 2.14 bits per heavy atom. The summed E-state index contributed by atoms with van der Waals surface area (Å²) in [4.78, 5) is 4.98. The monoisotopic (exact) mass is 285 g/mol. The zero-order valence-corrected chi connectivity index (χ0v) is 12.8. The van der Waals surface area contributed by atoms with Crippen LogP contribution >= 0.6 is 0 Å². The molecule has 0 spiro atoms. The molecule has 1 saturated carbocycles. The van der Waals surface area contributed by atoms with E-state index in [1.165, 1.54) is 37.0 Å². The number of ether oxygens (including phenoxy) is 1.